The summed E-state index contributed by atoms with van der Waals surface area (Å²) in [6, 6.07) is 32.1. The van der Waals surface area contributed by atoms with Gasteiger partial charge in [0.1, 0.15) is 29.3 Å². The molecule has 0 aromatic heterocycles. The summed E-state index contributed by atoms with van der Waals surface area (Å²) >= 11 is 0. The smallest absolute Gasteiger partial charge is 0.119 e. The van der Waals surface area contributed by atoms with E-state index < -0.39 is 0 Å². The molecule has 63 heavy (non-hydrogen) atoms. The van der Waals surface area contributed by atoms with E-state index >= 15 is 0 Å². The quantitative estimate of drug-likeness (QED) is 0.0327. The van der Waals surface area contributed by atoms with E-state index in [-0.39, 0.29) is 24.4 Å². The molecule has 0 fully saturated rings. The minimum absolute atomic E-state index is 0.157. The predicted molar refractivity (Wildman–Crippen MR) is 252 cm³/mol. The Bertz CT molecular complexity index is 1730. The Morgan fingerprint density at radius 3 is 0.921 bits per heavy atom. The van der Waals surface area contributed by atoms with E-state index in [2.05, 4.69) is 31.2 Å². The van der Waals surface area contributed by atoms with Gasteiger partial charge in [0.15, 0.2) is 0 Å². The SMILES string of the molecule is CCCCCCCCCCCC[C@@H](OCc1ccc(OC)cc1)[C@@H](CC[C@@H](OCc1ccc(OC)cc1)C(CCCC=O)OCc1ccc(OC)cc1)OCc1ccc(OC)cc1. The Morgan fingerprint density at radius 2 is 0.635 bits per heavy atom. The summed E-state index contributed by atoms with van der Waals surface area (Å²) in [7, 11) is 6.70. The van der Waals surface area contributed by atoms with Crippen LogP contribution in [-0.4, -0.2) is 59.1 Å². The Labute approximate surface area is 379 Å². The fourth-order valence-corrected chi connectivity index (χ4v) is 7.77. The second-order valence-corrected chi connectivity index (χ2v) is 16.4. The summed E-state index contributed by atoms with van der Waals surface area (Å²) in [4.78, 5) is 11.5. The molecule has 0 spiro atoms. The second-order valence-electron chi connectivity index (χ2n) is 16.4. The zero-order valence-electron chi connectivity index (χ0n) is 38.9. The van der Waals surface area contributed by atoms with Gasteiger partial charge in [0, 0.05) is 6.42 Å². The maximum absolute atomic E-state index is 11.5. The van der Waals surface area contributed by atoms with Crippen molar-refractivity contribution >= 4 is 6.29 Å². The first-order chi connectivity index (χ1) is 31.0. The van der Waals surface area contributed by atoms with Crippen LogP contribution in [0.25, 0.3) is 0 Å². The molecule has 0 radical (unpaired) electrons. The van der Waals surface area contributed by atoms with Crippen LogP contribution in [0.4, 0.5) is 0 Å². The Kier molecular flexibility index (Phi) is 25.6. The number of hydrogen-bond acceptors (Lipinski definition) is 9. The number of hydrogen-bond donors (Lipinski definition) is 0. The van der Waals surface area contributed by atoms with Crippen LogP contribution in [0, 0.1) is 0 Å². The van der Waals surface area contributed by atoms with Gasteiger partial charge in [0.25, 0.3) is 0 Å². The van der Waals surface area contributed by atoms with E-state index in [1.807, 2.05) is 72.8 Å². The number of ether oxygens (including phenoxy) is 8. The van der Waals surface area contributed by atoms with Gasteiger partial charge in [-0.05, 0) is 103 Å². The first-order valence-electron chi connectivity index (χ1n) is 23.4. The third kappa shape index (κ3) is 20.3. The van der Waals surface area contributed by atoms with Crippen molar-refractivity contribution in [3.05, 3.63) is 119 Å². The van der Waals surface area contributed by atoms with Crippen molar-refractivity contribution in [2.45, 2.75) is 161 Å². The number of methoxy groups -OCH3 is 4. The molecule has 0 aliphatic heterocycles. The van der Waals surface area contributed by atoms with Crippen LogP contribution in [0.3, 0.4) is 0 Å². The molecule has 0 heterocycles. The van der Waals surface area contributed by atoms with Gasteiger partial charge in [-0.25, -0.2) is 0 Å². The van der Waals surface area contributed by atoms with Gasteiger partial charge in [0.05, 0.1) is 79.3 Å². The monoisotopic (exact) mass is 869 g/mol. The molecular formula is C54H76O9. The number of benzene rings is 4. The predicted octanol–water partition coefficient (Wildman–Crippen LogP) is 12.8. The van der Waals surface area contributed by atoms with E-state index in [0.29, 0.717) is 58.5 Å². The Hall–Kier alpha value is -4.41. The maximum atomic E-state index is 11.5. The van der Waals surface area contributed by atoms with Crippen molar-refractivity contribution in [1.29, 1.82) is 0 Å². The van der Waals surface area contributed by atoms with E-state index in [9.17, 15) is 4.79 Å². The average molecular weight is 869 g/mol. The van der Waals surface area contributed by atoms with Crippen LogP contribution in [-0.2, 0) is 50.2 Å². The van der Waals surface area contributed by atoms with E-state index in [0.717, 1.165) is 70.8 Å². The summed E-state index contributed by atoms with van der Waals surface area (Å²) < 4.78 is 49.2. The molecular weight excluding hydrogens is 793 g/mol. The molecule has 0 bridgehead atoms. The van der Waals surface area contributed by atoms with Crippen molar-refractivity contribution in [3.8, 4) is 23.0 Å². The fraction of sp³-hybridized carbons (Fsp3) is 0.537. The lowest BCUT2D eigenvalue weighted by Crippen LogP contribution is -2.36. The molecule has 0 aliphatic rings. The van der Waals surface area contributed by atoms with E-state index in [4.69, 9.17) is 37.9 Å². The molecule has 0 saturated heterocycles. The highest BCUT2D eigenvalue weighted by molar-refractivity contribution is 5.49. The lowest BCUT2D eigenvalue weighted by atomic mass is 9.96. The molecule has 4 atom stereocenters. The van der Waals surface area contributed by atoms with Crippen molar-refractivity contribution in [3.63, 3.8) is 0 Å². The number of aldehydes is 1. The molecule has 9 nitrogen and oxygen atoms in total. The van der Waals surface area contributed by atoms with Crippen LogP contribution in [0.1, 0.15) is 132 Å². The van der Waals surface area contributed by atoms with Gasteiger partial charge >= 0.3 is 0 Å². The minimum Gasteiger partial charge on any atom is -0.497 e. The van der Waals surface area contributed by atoms with Crippen molar-refractivity contribution < 1.29 is 42.7 Å². The largest absolute Gasteiger partial charge is 0.497 e. The average Bonchev–Trinajstić information content (AvgIpc) is 3.33. The highest BCUT2D eigenvalue weighted by Gasteiger charge is 2.29. The summed E-state index contributed by atoms with van der Waals surface area (Å²) in [6.07, 6.45) is 16.8. The van der Waals surface area contributed by atoms with Crippen molar-refractivity contribution in [1.82, 2.24) is 0 Å². The Morgan fingerprint density at radius 1 is 0.365 bits per heavy atom. The van der Waals surface area contributed by atoms with Gasteiger partial charge in [0.2, 0.25) is 0 Å². The summed E-state index contributed by atoms with van der Waals surface area (Å²) in [6.45, 7) is 3.97. The molecule has 346 valence electrons. The van der Waals surface area contributed by atoms with E-state index in [1.54, 1.807) is 28.4 Å². The maximum Gasteiger partial charge on any atom is 0.119 e. The van der Waals surface area contributed by atoms with Gasteiger partial charge in [-0.3, -0.25) is 0 Å². The fourth-order valence-electron chi connectivity index (χ4n) is 7.77. The molecule has 0 N–H and O–H groups in total. The number of carbonyl (C=O) groups is 1. The Balaban J connectivity index is 1.58. The summed E-state index contributed by atoms with van der Waals surface area (Å²) in [5, 5.41) is 0. The zero-order chi connectivity index (χ0) is 44.7. The van der Waals surface area contributed by atoms with E-state index in [1.165, 1.54) is 51.4 Å². The number of carbonyl (C=O) groups excluding carboxylic acids is 1. The van der Waals surface area contributed by atoms with Gasteiger partial charge in [-0.1, -0.05) is 120 Å². The zero-order valence-corrected chi connectivity index (χ0v) is 38.9. The van der Waals surface area contributed by atoms with Crippen LogP contribution in [0.15, 0.2) is 97.1 Å². The minimum atomic E-state index is -0.288. The highest BCUT2D eigenvalue weighted by atomic mass is 16.5. The van der Waals surface area contributed by atoms with Crippen molar-refractivity contribution in [2.24, 2.45) is 0 Å². The molecule has 1 unspecified atom stereocenters. The summed E-state index contributed by atoms with van der Waals surface area (Å²) in [5.41, 5.74) is 4.22. The van der Waals surface area contributed by atoms with Crippen molar-refractivity contribution in [2.75, 3.05) is 28.4 Å². The molecule has 0 aliphatic carbocycles. The molecule has 0 saturated carbocycles. The molecule has 4 aromatic carbocycles. The topological polar surface area (TPSA) is 90.9 Å². The third-order valence-corrected chi connectivity index (χ3v) is 11.7. The normalized spacial score (nSPS) is 13.2. The first kappa shape index (κ1) is 51.2. The van der Waals surface area contributed by atoms with Gasteiger partial charge < -0.3 is 42.7 Å². The number of unbranched alkanes of at least 4 members (excludes halogenated alkanes) is 10. The standard InChI is InChI=1S/C54H76O9/c1-6-7-8-9-10-11-12-13-14-15-18-51(60-39-43-20-28-47(56-2)29-21-43)53(62-41-45-24-32-49(58-4)33-25-45)36-37-54(63-42-46-26-34-50(59-5)35-27-46)52(19-16-17-38-55)61-40-44-22-30-48(57-3)31-23-44/h20-35,38,51-54H,6-19,36-37,39-42H2,1-5H3/t51-,52?,53-,54-/m1/s1. The molecule has 4 rings (SSSR count). The van der Waals surface area contributed by atoms with Crippen LogP contribution in [0.5, 0.6) is 23.0 Å². The second kappa shape index (κ2) is 31.4. The lowest BCUT2D eigenvalue weighted by Gasteiger charge is -2.32. The number of rotatable bonds is 36. The van der Waals surface area contributed by atoms with Crippen LogP contribution >= 0.6 is 0 Å². The molecule has 4 aromatic rings. The molecule has 0 amide bonds. The highest BCUT2D eigenvalue weighted by Crippen LogP contribution is 2.28. The van der Waals surface area contributed by atoms with Gasteiger partial charge in [-0.2, -0.15) is 0 Å². The summed E-state index contributed by atoms with van der Waals surface area (Å²) in [5.74, 6) is 3.22. The van der Waals surface area contributed by atoms with Gasteiger partial charge in [-0.15, -0.1) is 0 Å². The van der Waals surface area contributed by atoms with Crippen LogP contribution in [0.2, 0.25) is 0 Å². The molecule has 9 heteroatoms. The van der Waals surface area contributed by atoms with Crippen LogP contribution < -0.4 is 18.9 Å². The lowest BCUT2D eigenvalue weighted by molar-refractivity contribution is -0.117. The first-order valence-corrected chi connectivity index (χ1v) is 23.4. The third-order valence-electron chi connectivity index (χ3n) is 11.7.